The van der Waals surface area contributed by atoms with Crippen LogP contribution in [0.1, 0.15) is 31.7 Å². The Bertz CT molecular complexity index is 599. The van der Waals surface area contributed by atoms with E-state index in [0.717, 1.165) is 25.8 Å². The van der Waals surface area contributed by atoms with E-state index in [0.29, 0.717) is 18.7 Å². The number of rotatable bonds is 5. The highest BCUT2D eigenvalue weighted by atomic mass is 32.2. The van der Waals surface area contributed by atoms with Crippen LogP contribution >= 0.6 is 0 Å². The maximum Gasteiger partial charge on any atom is 0.243 e. The van der Waals surface area contributed by atoms with Crippen LogP contribution in [0, 0.1) is 11.3 Å². The molecule has 21 heavy (non-hydrogen) atoms. The van der Waals surface area contributed by atoms with Crippen LogP contribution in [0.4, 0.5) is 0 Å². The van der Waals surface area contributed by atoms with E-state index in [9.17, 15) is 8.42 Å². The highest BCUT2D eigenvalue weighted by Gasteiger charge is 2.31. The molecule has 0 bridgehead atoms. The monoisotopic (exact) mass is 307 g/mol. The molecule has 1 atom stereocenters. The van der Waals surface area contributed by atoms with Crippen molar-refractivity contribution in [3.8, 4) is 6.07 Å². The number of piperidine rings is 1. The van der Waals surface area contributed by atoms with Gasteiger partial charge in [0, 0.05) is 19.1 Å². The van der Waals surface area contributed by atoms with E-state index < -0.39 is 10.0 Å². The van der Waals surface area contributed by atoms with Crippen LogP contribution in [0.3, 0.4) is 0 Å². The summed E-state index contributed by atoms with van der Waals surface area (Å²) in [4.78, 5) is 0.264. The Hall–Kier alpha value is -1.42. The summed E-state index contributed by atoms with van der Waals surface area (Å²) in [7, 11) is -3.50. The first-order chi connectivity index (χ1) is 10.1. The molecule has 1 aromatic carbocycles. The Labute approximate surface area is 126 Å². The summed E-state index contributed by atoms with van der Waals surface area (Å²) in [5.41, 5.74) is 0.468. The summed E-state index contributed by atoms with van der Waals surface area (Å²) >= 11 is 0. The van der Waals surface area contributed by atoms with Crippen molar-refractivity contribution < 1.29 is 8.42 Å². The second-order valence-corrected chi connectivity index (χ2v) is 7.14. The van der Waals surface area contributed by atoms with Crippen LogP contribution in [0.25, 0.3) is 0 Å². The second kappa shape index (κ2) is 7.03. The quantitative estimate of drug-likeness (QED) is 0.899. The molecule has 1 unspecified atom stereocenters. The van der Waals surface area contributed by atoms with E-state index in [-0.39, 0.29) is 10.9 Å². The number of hydrogen-bond donors (Lipinski definition) is 1. The minimum absolute atomic E-state index is 0.0133. The molecular weight excluding hydrogens is 286 g/mol. The van der Waals surface area contributed by atoms with Crippen molar-refractivity contribution in [2.75, 3.05) is 19.6 Å². The van der Waals surface area contributed by atoms with Crippen LogP contribution in [0.5, 0.6) is 0 Å². The van der Waals surface area contributed by atoms with Crippen LogP contribution < -0.4 is 5.32 Å². The number of sulfonamides is 1. The van der Waals surface area contributed by atoms with Crippen LogP contribution in [0.2, 0.25) is 0 Å². The van der Waals surface area contributed by atoms with Gasteiger partial charge in [0.15, 0.2) is 0 Å². The molecule has 1 heterocycles. The number of benzene rings is 1. The number of hydrogen-bond acceptors (Lipinski definition) is 4. The Morgan fingerprint density at radius 3 is 2.62 bits per heavy atom. The third kappa shape index (κ3) is 3.62. The average molecular weight is 307 g/mol. The fraction of sp³-hybridized carbons (Fsp3) is 0.533. The minimum Gasteiger partial charge on any atom is -0.315 e. The van der Waals surface area contributed by atoms with E-state index in [2.05, 4.69) is 5.32 Å². The molecule has 0 aliphatic carbocycles. The van der Waals surface area contributed by atoms with Crippen molar-refractivity contribution in [2.24, 2.45) is 0 Å². The summed E-state index contributed by atoms with van der Waals surface area (Å²) < 4.78 is 27.3. The first-order valence-electron chi connectivity index (χ1n) is 7.32. The van der Waals surface area contributed by atoms with Crippen LogP contribution in [-0.4, -0.2) is 38.4 Å². The molecule has 0 saturated carbocycles. The first-order valence-corrected chi connectivity index (χ1v) is 8.76. The largest absolute Gasteiger partial charge is 0.315 e. The van der Waals surface area contributed by atoms with Gasteiger partial charge >= 0.3 is 0 Å². The van der Waals surface area contributed by atoms with Crippen molar-refractivity contribution in [3.05, 3.63) is 29.8 Å². The van der Waals surface area contributed by atoms with Gasteiger partial charge in [0.1, 0.15) is 0 Å². The molecule has 6 heteroatoms. The Morgan fingerprint density at radius 2 is 2.10 bits per heavy atom. The first kappa shape index (κ1) is 16.0. The Morgan fingerprint density at radius 1 is 1.38 bits per heavy atom. The lowest BCUT2D eigenvalue weighted by Gasteiger charge is -2.33. The molecule has 0 amide bonds. The summed E-state index contributed by atoms with van der Waals surface area (Å²) in [6, 6.07) is 8.16. The van der Waals surface area contributed by atoms with Gasteiger partial charge in [-0.05, 0) is 50.1 Å². The third-order valence-electron chi connectivity index (χ3n) is 3.71. The molecule has 5 nitrogen and oxygen atoms in total. The molecule has 114 valence electrons. The third-order valence-corrected chi connectivity index (χ3v) is 5.68. The Kier molecular flexibility index (Phi) is 5.34. The van der Waals surface area contributed by atoms with Gasteiger partial charge in [0.05, 0.1) is 16.5 Å². The summed E-state index contributed by atoms with van der Waals surface area (Å²) in [5, 5.41) is 12.1. The van der Waals surface area contributed by atoms with Crippen LogP contribution in [0.15, 0.2) is 29.2 Å². The number of nitrogens with one attached hydrogen (secondary N) is 1. The highest BCUT2D eigenvalue weighted by molar-refractivity contribution is 7.89. The zero-order chi connectivity index (χ0) is 15.3. The molecule has 1 saturated heterocycles. The molecular formula is C15H21N3O2S. The number of nitrogens with zero attached hydrogens (tertiary/aromatic N) is 2. The average Bonchev–Trinajstić information content (AvgIpc) is 2.53. The zero-order valence-corrected chi connectivity index (χ0v) is 13.1. The van der Waals surface area contributed by atoms with E-state index >= 15 is 0 Å². The second-order valence-electron chi connectivity index (χ2n) is 5.25. The predicted octanol–water partition coefficient (Wildman–Crippen LogP) is 1.71. The van der Waals surface area contributed by atoms with Crippen LogP contribution in [-0.2, 0) is 10.0 Å². The van der Waals surface area contributed by atoms with Crippen molar-refractivity contribution in [3.63, 3.8) is 0 Å². The standard InChI is InChI=1S/C15H21N3O2S/c1-2-10-18(14-4-3-9-17-12-14)21(19,20)15-7-5-13(11-16)6-8-15/h5-8,14,17H,2-4,9-10,12H2,1H3. The predicted molar refractivity (Wildman–Crippen MR) is 81.2 cm³/mol. The zero-order valence-electron chi connectivity index (χ0n) is 12.2. The molecule has 1 aromatic rings. The molecule has 1 fully saturated rings. The van der Waals surface area contributed by atoms with Crippen molar-refractivity contribution >= 4 is 10.0 Å². The summed E-state index contributed by atoms with van der Waals surface area (Å²) in [5.74, 6) is 0. The molecule has 1 N–H and O–H groups in total. The van der Waals surface area contributed by atoms with Gasteiger partial charge in [-0.25, -0.2) is 8.42 Å². The molecule has 0 spiro atoms. The topological polar surface area (TPSA) is 73.2 Å². The van der Waals surface area contributed by atoms with Gasteiger partial charge < -0.3 is 5.32 Å². The van der Waals surface area contributed by atoms with E-state index in [1.165, 1.54) is 12.1 Å². The lowest BCUT2D eigenvalue weighted by atomic mass is 10.1. The molecule has 1 aliphatic heterocycles. The molecule has 1 aliphatic rings. The number of nitriles is 1. The lowest BCUT2D eigenvalue weighted by Crippen LogP contribution is -2.48. The SMILES string of the molecule is CCCN(C1CCCNC1)S(=O)(=O)c1ccc(C#N)cc1. The maximum absolute atomic E-state index is 12.8. The summed E-state index contributed by atoms with van der Waals surface area (Å²) in [6.07, 6.45) is 2.67. The van der Waals surface area contributed by atoms with E-state index in [1.807, 2.05) is 13.0 Å². The van der Waals surface area contributed by atoms with Gasteiger partial charge in [0.25, 0.3) is 0 Å². The maximum atomic E-state index is 12.8. The van der Waals surface area contributed by atoms with E-state index in [4.69, 9.17) is 5.26 Å². The van der Waals surface area contributed by atoms with Gasteiger partial charge in [-0.1, -0.05) is 6.92 Å². The summed E-state index contributed by atoms with van der Waals surface area (Å²) in [6.45, 7) is 4.16. The van der Waals surface area contributed by atoms with E-state index in [1.54, 1.807) is 16.4 Å². The smallest absolute Gasteiger partial charge is 0.243 e. The lowest BCUT2D eigenvalue weighted by molar-refractivity contribution is 0.266. The Balaban J connectivity index is 2.29. The minimum atomic E-state index is -3.50. The van der Waals surface area contributed by atoms with Gasteiger partial charge in [-0.2, -0.15) is 9.57 Å². The fourth-order valence-electron chi connectivity index (χ4n) is 2.64. The highest BCUT2D eigenvalue weighted by Crippen LogP contribution is 2.22. The molecule has 0 radical (unpaired) electrons. The molecule has 2 rings (SSSR count). The van der Waals surface area contributed by atoms with Crippen molar-refractivity contribution in [1.29, 1.82) is 5.26 Å². The molecule has 0 aromatic heterocycles. The normalized spacial score (nSPS) is 19.4. The van der Waals surface area contributed by atoms with Crippen molar-refractivity contribution in [2.45, 2.75) is 37.1 Å². The van der Waals surface area contributed by atoms with Gasteiger partial charge in [-0.15, -0.1) is 0 Å². The fourth-order valence-corrected chi connectivity index (χ4v) is 4.38. The van der Waals surface area contributed by atoms with Gasteiger partial charge in [-0.3, -0.25) is 0 Å². The van der Waals surface area contributed by atoms with Crippen molar-refractivity contribution in [1.82, 2.24) is 9.62 Å². The van der Waals surface area contributed by atoms with Gasteiger partial charge in [0.2, 0.25) is 10.0 Å².